The van der Waals surface area contributed by atoms with Crippen molar-refractivity contribution in [3.8, 4) is 0 Å². The maximum atomic E-state index is 12.4. The fourth-order valence-corrected chi connectivity index (χ4v) is 3.23. The lowest BCUT2D eigenvalue weighted by Gasteiger charge is -2.12. The zero-order valence-electron chi connectivity index (χ0n) is 14.6. The van der Waals surface area contributed by atoms with E-state index in [4.69, 9.17) is 0 Å². The highest BCUT2D eigenvalue weighted by atomic mass is 16.1. The van der Waals surface area contributed by atoms with Crippen molar-refractivity contribution in [1.29, 1.82) is 0 Å². The van der Waals surface area contributed by atoms with Crippen molar-refractivity contribution in [2.45, 2.75) is 19.4 Å². The molecule has 3 N–H and O–H groups in total. The Kier molecular flexibility index (Phi) is 4.50. The number of hydrogen-bond donors (Lipinski definition) is 3. The molecule has 2 aromatic heterocycles. The maximum absolute atomic E-state index is 12.4. The number of aryl methyl sites for hydroxylation is 1. The quantitative estimate of drug-likeness (QED) is 0.676. The Morgan fingerprint density at radius 3 is 2.92 bits per heavy atom. The number of pyridine rings is 2. The summed E-state index contributed by atoms with van der Waals surface area (Å²) in [5.41, 5.74) is 2.66. The molecule has 0 saturated carbocycles. The second-order valence-electron chi connectivity index (χ2n) is 6.56. The average molecular weight is 347 g/mol. The first-order valence-electron chi connectivity index (χ1n) is 8.80. The summed E-state index contributed by atoms with van der Waals surface area (Å²) in [7, 11) is 0. The van der Waals surface area contributed by atoms with Gasteiger partial charge in [0.15, 0.2) is 0 Å². The molecule has 1 aliphatic rings. The summed E-state index contributed by atoms with van der Waals surface area (Å²) in [6, 6.07) is 13.7. The Labute approximate surface area is 152 Å². The van der Waals surface area contributed by atoms with Gasteiger partial charge >= 0.3 is 0 Å². The molecule has 0 spiro atoms. The first kappa shape index (κ1) is 16.5. The third kappa shape index (κ3) is 3.50. The predicted octanol–water partition coefficient (Wildman–Crippen LogP) is 2.77. The third-order valence-electron chi connectivity index (χ3n) is 4.60. The minimum Gasteiger partial charge on any atom is -0.348 e. The van der Waals surface area contributed by atoms with E-state index in [0.717, 1.165) is 36.0 Å². The van der Waals surface area contributed by atoms with Crippen molar-refractivity contribution in [3.05, 3.63) is 59.8 Å². The topological polar surface area (TPSA) is 78.9 Å². The minimum atomic E-state index is -0.0770. The Morgan fingerprint density at radius 1 is 1.19 bits per heavy atom. The van der Waals surface area contributed by atoms with Gasteiger partial charge in [-0.3, -0.25) is 4.79 Å². The van der Waals surface area contributed by atoms with Crippen molar-refractivity contribution in [2.24, 2.45) is 0 Å². The Bertz CT molecular complexity index is 950. The highest BCUT2D eigenvalue weighted by molar-refractivity contribution is 5.95. The molecule has 1 aliphatic heterocycles. The van der Waals surface area contributed by atoms with Crippen LogP contribution < -0.4 is 16.0 Å². The number of para-hydroxylation sites is 1. The largest absolute Gasteiger partial charge is 0.348 e. The van der Waals surface area contributed by atoms with Crippen molar-refractivity contribution in [2.75, 3.05) is 18.4 Å². The van der Waals surface area contributed by atoms with Crippen molar-refractivity contribution < 1.29 is 4.79 Å². The lowest BCUT2D eigenvalue weighted by Crippen LogP contribution is -2.36. The molecule has 1 saturated heterocycles. The molecule has 6 heteroatoms. The van der Waals surface area contributed by atoms with Crippen LogP contribution in [0.1, 0.15) is 22.3 Å². The van der Waals surface area contributed by atoms with Gasteiger partial charge in [0.05, 0.1) is 5.52 Å². The molecular weight excluding hydrogens is 326 g/mol. The van der Waals surface area contributed by atoms with Crippen LogP contribution in [0, 0.1) is 6.92 Å². The molecule has 1 unspecified atom stereocenters. The number of hydrogen-bond acceptors (Lipinski definition) is 5. The molecule has 0 bridgehead atoms. The second kappa shape index (κ2) is 7.09. The molecule has 1 fully saturated rings. The van der Waals surface area contributed by atoms with E-state index in [0.29, 0.717) is 17.2 Å². The van der Waals surface area contributed by atoms with Crippen LogP contribution in [0.4, 0.5) is 11.6 Å². The molecule has 3 heterocycles. The third-order valence-corrected chi connectivity index (χ3v) is 4.60. The fourth-order valence-electron chi connectivity index (χ4n) is 3.23. The van der Waals surface area contributed by atoms with Crippen LogP contribution >= 0.6 is 0 Å². The monoisotopic (exact) mass is 347 g/mol. The van der Waals surface area contributed by atoms with Crippen LogP contribution in [0.15, 0.2) is 48.7 Å². The molecule has 4 rings (SSSR count). The zero-order chi connectivity index (χ0) is 17.9. The van der Waals surface area contributed by atoms with E-state index in [9.17, 15) is 4.79 Å². The van der Waals surface area contributed by atoms with E-state index in [1.807, 2.05) is 24.3 Å². The summed E-state index contributed by atoms with van der Waals surface area (Å²) in [6.07, 6.45) is 2.60. The molecule has 132 valence electrons. The predicted molar refractivity (Wildman–Crippen MR) is 103 cm³/mol. The van der Waals surface area contributed by atoms with Gasteiger partial charge in [0.1, 0.15) is 11.6 Å². The molecule has 1 aromatic carbocycles. The van der Waals surface area contributed by atoms with Crippen LogP contribution in [-0.4, -0.2) is 35.0 Å². The highest BCUT2D eigenvalue weighted by Gasteiger charge is 2.17. The van der Waals surface area contributed by atoms with Gasteiger partial charge in [0.25, 0.3) is 5.91 Å². The summed E-state index contributed by atoms with van der Waals surface area (Å²) in [5, 5.41) is 10.6. The van der Waals surface area contributed by atoms with E-state index in [1.165, 1.54) is 0 Å². The van der Waals surface area contributed by atoms with E-state index >= 15 is 0 Å². The van der Waals surface area contributed by atoms with Crippen molar-refractivity contribution >= 4 is 28.4 Å². The SMILES string of the molecule is Cc1cc(Nc2cc(C(=O)NC3CCNC3)ccn2)nc2ccccc12. The number of fused-ring (bicyclic) bond motifs is 1. The lowest BCUT2D eigenvalue weighted by atomic mass is 10.1. The van der Waals surface area contributed by atoms with Crippen LogP contribution in [-0.2, 0) is 0 Å². The number of benzene rings is 1. The van der Waals surface area contributed by atoms with Gasteiger partial charge < -0.3 is 16.0 Å². The Balaban J connectivity index is 1.54. The normalized spacial score (nSPS) is 16.6. The number of aromatic nitrogens is 2. The summed E-state index contributed by atoms with van der Waals surface area (Å²) in [4.78, 5) is 21.4. The molecule has 26 heavy (non-hydrogen) atoms. The number of rotatable bonds is 4. The smallest absolute Gasteiger partial charge is 0.251 e. The van der Waals surface area contributed by atoms with Crippen molar-refractivity contribution in [1.82, 2.24) is 20.6 Å². The van der Waals surface area contributed by atoms with Gasteiger partial charge in [0.2, 0.25) is 0 Å². The summed E-state index contributed by atoms with van der Waals surface area (Å²) in [6.45, 7) is 3.82. The molecule has 1 amide bonds. The molecule has 3 aromatic rings. The Hall–Kier alpha value is -2.99. The summed E-state index contributed by atoms with van der Waals surface area (Å²) >= 11 is 0. The van der Waals surface area contributed by atoms with Crippen LogP contribution in [0.25, 0.3) is 10.9 Å². The molecule has 0 aliphatic carbocycles. The van der Waals surface area contributed by atoms with Gasteiger partial charge in [-0.15, -0.1) is 0 Å². The first-order valence-corrected chi connectivity index (χ1v) is 8.80. The Morgan fingerprint density at radius 2 is 2.08 bits per heavy atom. The zero-order valence-corrected chi connectivity index (χ0v) is 14.6. The van der Waals surface area contributed by atoms with Gasteiger partial charge in [-0.1, -0.05) is 18.2 Å². The summed E-state index contributed by atoms with van der Waals surface area (Å²) in [5.74, 6) is 1.24. The maximum Gasteiger partial charge on any atom is 0.251 e. The highest BCUT2D eigenvalue weighted by Crippen LogP contribution is 2.22. The van der Waals surface area contributed by atoms with E-state index in [2.05, 4.69) is 38.9 Å². The van der Waals surface area contributed by atoms with E-state index in [-0.39, 0.29) is 11.9 Å². The molecule has 0 radical (unpaired) electrons. The number of anilines is 2. The van der Waals surface area contributed by atoms with Gasteiger partial charge in [0, 0.05) is 29.7 Å². The fraction of sp³-hybridized carbons (Fsp3) is 0.250. The van der Waals surface area contributed by atoms with Crippen LogP contribution in [0.3, 0.4) is 0 Å². The van der Waals surface area contributed by atoms with E-state index in [1.54, 1.807) is 18.3 Å². The number of carbonyl (C=O) groups excluding carboxylic acids is 1. The number of nitrogens with one attached hydrogen (secondary N) is 3. The van der Waals surface area contributed by atoms with Gasteiger partial charge in [-0.05, 0) is 49.7 Å². The standard InChI is InChI=1S/C20H21N5O/c1-13-10-19(24-17-5-3-2-4-16(13)17)25-18-11-14(6-9-22-18)20(26)23-15-7-8-21-12-15/h2-6,9-11,15,21H,7-8,12H2,1H3,(H,23,26)(H,22,24,25). The average Bonchev–Trinajstić information content (AvgIpc) is 3.15. The van der Waals surface area contributed by atoms with Crippen molar-refractivity contribution in [3.63, 3.8) is 0 Å². The number of carbonyl (C=O) groups is 1. The lowest BCUT2D eigenvalue weighted by molar-refractivity contribution is 0.0940. The second-order valence-corrected chi connectivity index (χ2v) is 6.56. The molecule has 6 nitrogen and oxygen atoms in total. The van der Waals surface area contributed by atoms with Crippen LogP contribution in [0.5, 0.6) is 0 Å². The first-order chi connectivity index (χ1) is 12.7. The number of amides is 1. The minimum absolute atomic E-state index is 0.0770. The molecular formula is C20H21N5O. The van der Waals surface area contributed by atoms with Gasteiger partial charge in [-0.2, -0.15) is 0 Å². The van der Waals surface area contributed by atoms with Gasteiger partial charge in [-0.25, -0.2) is 9.97 Å². The number of nitrogens with zero attached hydrogens (tertiary/aromatic N) is 2. The molecule has 1 atom stereocenters. The van der Waals surface area contributed by atoms with E-state index < -0.39 is 0 Å². The summed E-state index contributed by atoms with van der Waals surface area (Å²) < 4.78 is 0. The van der Waals surface area contributed by atoms with Crippen LogP contribution in [0.2, 0.25) is 0 Å².